The van der Waals surface area contributed by atoms with Gasteiger partial charge in [-0.15, -0.1) is 0 Å². The van der Waals surface area contributed by atoms with Crippen LogP contribution in [0.15, 0.2) is 18.2 Å². The van der Waals surface area contributed by atoms with Crippen LogP contribution in [0, 0.1) is 5.92 Å². The monoisotopic (exact) mass is 251 g/mol. The molecule has 0 aromatic carbocycles. The first-order valence-corrected chi connectivity index (χ1v) is 6.11. The van der Waals surface area contributed by atoms with Gasteiger partial charge in [-0.05, 0) is 12.0 Å². The van der Waals surface area contributed by atoms with Crippen molar-refractivity contribution >= 4 is 5.91 Å². The molecule has 1 rings (SSSR count). The Kier molecular flexibility index (Phi) is 5.58. The van der Waals surface area contributed by atoms with E-state index in [0.29, 0.717) is 12.4 Å². The lowest BCUT2D eigenvalue weighted by Crippen LogP contribution is -2.44. The highest BCUT2D eigenvalue weighted by molar-refractivity contribution is 5.81. The van der Waals surface area contributed by atoms with E-state index in [1.54, 1.807) is 13.2 Å². The molecule has 0 bridgehead atoms. The van der Waals surface area contributed by atoms with Gasteiger partial charge in [-0.3, -0.25) is 4.79 Å². The lowest BCUT2D eigenvalue weighted by molar-refractivity contribution is -0.123. The Bertz CT molecular complexity index is 396. The minimum atomic E-state index is -0.472. The minimum Gasteiger partial charge on any atom is -0.481 e. The first kappa shape index (κ1) is 14.4. The predicted molar refractivity (Wildman–Crippen MR) is 70.1 cm³/mol. The summed E-state index contributed by atoms with van der Waals surface area (Å²) in [6.07, 6.45) is 0.881. The molecular weight excluding hydrogens is 230 g/mol. The number of nitrogens with zero attached hydrogens (tertiary/aromatic N) is 1. The van der Waals surface area contributed by atoms with E-state index >= 15 is 0 Å². The van der Waals surface area contributed by atoms with Crippen LogP contribution in [0.2, 0.25) is 0 Å². The number of nitrogens with two attached hydrogens (primary N) is 1. The maximum Gasteiger partial charge on any atom is 0.237 e. The summed E-state index contributed by atoms with van der Waals surface area (Å²) in [4.78, 5) is 16.0. The van der Waals surface area contributed by atoms with E-state index < -0.39 is 6.04 Å². The van der Waals surface area contributed by atoms with Crippen LogP contribution in [0.3, 0.4) is 0 Å². The lowest BCUT2D eigenvalue weighted by Gasteiger charge is -2.17. The molecule has 0 saturated heterocycles. The van der Waals surface area contributed by atoms with Crippen molar-refractivity contribution in [2.75, 3.05) is 7.11 Å². The fourth-order valence-corrected chi connectivity index (χ4v) is 1.48. The Hall–Kier alpha value is -1.62. The van der Waals surface area contributed by atoms with E-state index in [9.17, 15) is 4.79 Å². The molecule has 1 aromatic heterocycles. The highest BCUT2D eigenvalue weighted by Crippen LogP contribution is 2.07. The standard InChI is InChI=1S/C13H21N3O2/c1-4-9(2)12(14)13(17)15-8-10-6-5-7-11(16-10)18-3/h5-7,9,12H,4,8,14H2,1-3H3,(H,15,17). The third-order valence-corrected chi connectivity index (χ3v) is 2.99. The molecule has 18 heavy (non-hydrogen) atoms. The second kappa shape index (κ2) is 6.96. The number of amides is 1. The molecule has 2 atom stereocenters. The zero-order valence-corrected chi connectivity index (χ0v) is 11.1. The molecule has 5 nitrogen and oxygen atoms in total. The largest absolute Gasteiger partial charge is 0.481 e. The molecule has 100 valence electrons. The van der Waals surface area contributed by atoms with E-state index in [1.165, 1.54) is 0 Å². The molecular formula is C13H21N3O2. The molecule has 1 amide bonds. The van der Waals surface area contributed by atoms with Gasteiger partial charge in [0, 0.05) is 6.07 Å². The Labute approximate surface area is 108 Å². The maximum atomic E-state index is 11.8. The first-order valence-electron chi connectivity index (χ1n) is 6.11. The Morgan fingerprint density at radius 2 is 2.28 bits per heavy atom. The summed E-state index contributed by atoms with van der Waals surface area (Å²) in [7, 11) is 1.56. The second-order valence-corrected chi connectivity index (χ2v) is 4.30. The summed E-state index contributed by atoms with van der Waals surface area (Å²) in [5.41, 5.74) is 6.58. The number of hydrogen-bond donors (Lipinski definition) is 2. The zero-order chi connectivity index (χ0) is 13.5. The number of nitrogens with one attached hydrogen (secondary N) is 1. The van der Waals surface area contributed by atoms with Gasteiger partial charge in [-0.1, -0.05) is 26.3 Å². The van der Waals surface area contributed by atoms with Crippen molar-refractivity contribution < 1.29 is 9.53 Å². The molecule has 0 aliphatic carbocycles. The van der Waals surface area contributed by atoms with Crippen LogP contribution in [0.25, 0.3) is 0 Å². The van der Waals surface area contributed by atoms with Crippen molar-refractivity contribution in [1.82, 2.24) is 10.3 Å². The van der Waals surface area contributed by atoms with E-state index in [0.717, 1.165) is 12.1 Å². The summed E-state index contributed by atoms with van der Waals surface area (Å²) >= 11 is 0. The summed E-state index contributed by atoms with van der Waals surface area (Å²) in [6.45, 7) is 4.34. The molecule has 1 heterocycles. The van der Waals surface area contributed by atoms with E-state index in [1.807, 2.05) is 26.0 Å². The van der Waals surface area contributed by atoms with Gasteiger partial charge in [0.2, 0.25) is 11.8 Å². The van der Waals surface area contributed by atoms with Crippen LogP contribution >= 0.6 is 0 Å². The van der Waals surface area contributed by atoms with Crippen molar-refractivity contribution in [3.63, 3.8) is 0 Å². The Morgan fingerprint density at radius 3 is 2.89 bits per heavy atom. The number of hydrogen-bond acceptors (Lipinski definition) is 4. The van der Waals surface area contributed by atoms with Crippen LogP contribution in [0.5, 0.6) is 5.88 Å². The lowest BCUT2D eigenvalue weighted by atomic mass is 9.99. The molecule has 3 N–H and O–H groups in total. The number of pyridine rings is 1. The van der Waals surface area contributed by atoms with Crippen molar-refractivity contribution in [3.8, 4) is 5.88 Å². The smallest absolute Gasteiger partial charge is 0.237 e. The van der Waals surface area contributed by atoms with Crippen LogP contribution in [-0.2, 0) is 11.3 Å². The van der Waals surface area contributed by atoms with Gasteiger partial charge >= 0.3 is 0 Å². The zero-order valence-electron chi connectivity index (χ0n) is 11.1. The molecule has 0 aliphatic rings. The van der Waals surface area contributed by atoms with Gasteiger partial charge in [0.25, 0.3) is 0 Å². The molecule has 0 spiro atoms. The Balaban J connectivity index is 2.51. The van der Waals surface area contributed by atoms with Crippen LogP contribution < -0.4 is 15.8 Å². The maximum absolute atomic E-state index is 11.8. The number of rotatable bonds is 6. The first-order chi connectivity index (χ1) is 8.58. The highest BCUT2D eigenvalue weighted by Gasteiger charge is 2.18. The van der Waals surface area contributed by atoms with Crippen LogP contribution in [0.1, 0.15) is 26.0 Å². The van der Waals surface area contributed by atoms with Crippen molar-refractivity contribution in [2.24, 2.45) is 11.7 Å². The number of ether oxygens (including phenoxy) is 1. The molecule has 1 aromatic rings. The average Bonchev–Trinajstić information content (AvgIpc) is 2.43. The van der Waals surface area contributed by atoms with Gasteiger partial charge in [0.15, 0.2) is 0 Å². The summed E-state index contributed by atoms with van der Waals surface area (Å²) in [5, 5.41) is 2.78. The third kappa shape index (κ3) is 4.00. The molecule has 0 radical (unpaired) electrons. The van der Waals surface area contributed by atoms with Gasteiger partial charge < -0.3 is 15.8 Å². The van der Waals surface area contributed by atoms with Crippen LogP contribution in [0.4, 0.5) is 0 Å². The third-order valence-electron chi connectivity index (χ3n) is 2.99. The van der Waals surface area contributed by atoms with Gasteiger partial charge in [-0.2, -0.15) is 0 Å². The van der Waals surface area contributed by atoms with Crippen molar-refractivity contribution in [2.45, 2.75) is 32.9 Å². The minimum absolute atomic E-state index is 0.144. The van der Waals surface area contributed by atoms with Crippen molar-refractivity contribution in [1.29, 1.82) is 0 Å². The normalized spacial score (nSPS) is 13.8. The highest BCUT2D eigenvalue weighted by atomic mass is 16.5. The average molecular weight is 251 g/mol. The van der Waals surface area contributed by atoms with Crippen molar-refractivity contribution in [3.05, 3.63) is 23.9 Å². The topological polar surface area (TPSA) is 77.2 Å². The van der Waals surface area contributed by atoms with E-state index in [2.05, 4.69) is 10.3 Å². The fourth-order valence-electron chi connectivity index (χ4n) is 1.48. The van der Waals surface area contributed by atoms with E-state index in [-0.39, 0.29) is 11.8 Å². The molecule has 0 aliphatic heterocycles. The quantitative estimate of drug-likeness (QED) is 0.793. The van der Waals surface area contributed by atoms with Gasteiger partial charge in [0.05, 0.1) is 25.4 Å². The second-order valence-electron chi connectivity index (χ2n) is 4.30. The molecule has 2 unspecified atom stereocenters. The number of carbonyl (C=O) groups is 1. The fraction of sp³-hybridized carbons (Fsp3) is 0.538. The molecule has 5 heteroatoms. The molecule has 0 fully saturated rings. The summed E-state index contributed by atoms with van der Waals surface area (Å²) in [5.74, 6) is 0.560. The predicted octanol–water partition coefficient (Wildman–Crippen LogP) is 1.08. The number of aromatic nitrogens is 1. The molecule has 0 saturated carbocycles. The number of methoxy groups -OCH3 is 1. The SMILES string of the molecule is CCC(C)C(N)C(=O)NCc1cccc(OC)n1. The van der Waals surface area contributed by atoms with E-state index in [4.69, 9.17) is 10.5 Å². The number of carbonyl (C=O) groups excluding carboxylic acids is 1. The van der Waals surface area contributed by atoms with Gasteiger partial charge in [-0.25, -0.2) is 4.98 Å². The summed E-state index contributed by atoms with van der Waals surface area (Å²) < 4.78 is 5.02. The summed E-state index contributed by atoms with van der Waals surface area (Å²) in [6, 6.07) is 4.95. The van der Waals surface area contributed by atoms with Gasteiger partial charge in [0.1, 0.15) is 0 Å². The Morgan fingerprint density at radius 1 is 1.56 bits per heavy atom. The van der Waals surface area contributed by atoms with Crippen LogP contribution in [-0.4, -0.2) is 24.0 Å².